The van der Waals surface area contributed by atoms with Crippen molar-refractivity contribution in [2.45, 2.75) is 47.0 Å². The summed E-state index contributed by atoms with van der Waals surface area (Å²) in [5, 5.41) is 68.0. The van der Waals surface area contributed by atoms with E-state index in [1.165, 1.54) is 73.7 Å². The fourth-order valence-corrected chi connectivity index (χ4v) is 11.9. The minimum absolute atomic E-state index is 0. The van der Waals surface area contributed by atoms with Gasteiger partial charge in [0.2, 0.25) is 11.1 Å². The molecule has 5 amide bonds. The maximum absolute atomic E-state index is 13.7. The van der Waals surface area contributed by atoms with Crippen LogP contribution in [0.4, 0.5) is 83.2 Å². The molecule has 0 aliphatic carbocycles. The van der Waals surface area contributed by atoms with Gasteiger partial charge in [-0.1, -0.05) is 77.2 Å². The number of halogens is 22. The first-order valence-corrected chi connectivity index (χ1v) is 41.2. The fraction of sp³-hybridized carbons (Fsp3) is 0.167. The minimum atomic E-state index is -1.31. The Kier molecular flexibility index (Phi) is 59.4. The summed E-state index contributed by atoms with van der Waals surface area (Å²) in [6, 6.07) is 21.5. The Hall–Kier alpha value is -8.18. The molecule has 0 radical (unpaired) electrons. The van der Waals surface area contributed by atoms with Gasteiger partial charge in [-0.25, -0.2) is 64.7 Å². The maximum Gasteiger partial charge on any atom is 1.00 e. The number of carbonyl (C=O) groups excluding carboxylic acids is 5. The maximum atomic E-state index is 13.7. The topological polar surface area (TPSA) is 607 Å². The standard InChI is InChI=1S/C9H18N2O2.C8HBrCl3FN2.C8H3BrClFN2O2.C8H6BrFN2O2.C8H3BrFNO2.C7H4BrClFNO2.C7H5BrFNO2.C6H3BrFNO2.C6H5BrFN.C2H6O2.CH3F.CH4N2O.CH4.H3N2O.Na/c1-9(2,3)13-8(12)11-6-4-10-5-7-11;9-4-3(10)1-2-6(5(4)13)14-8(12)15-7(2)11;9-4-3(10)1-2-6(5(4)11)12-8(15)13-7(2)14;9-5-2-1-3-6(8(5)10)12-7(13)4-11-14;9-4-2-1-3-6(5(4)10)11-8(13)7(3)12;8-4-3(9)1-2(7(12)13)6(11)5(4)10;8-4-2-1-3(7(11)12)6(10)5(4)9;7-4-2-1-3-5(6(4)8)9(10)11;7-4-2-1-3-5(9)6(4)8;1-2(3)4;1-2;2-1(3)4;;1-2-3;/h10H,4-7H2,1-3H3;1H;1H,(H2,12,13,14,15);1-4,14H,(H,12,13);1-2H,(H,11,12,13);1H,11H2,(H,12,13);1-2H,10H2,(H,11,12);1-3H;1-3H,9H2;2-4H,1H3;1H3;(H4,2,3,4);1H4;3H,1H2;/q;;;;;;;;;;;;;-1;+1/b;;;11-4+;;;;;;;;;;;/i;;;;;;;;;;1D;;;;. The van der Waals surface area contributed by atoms with Crippen LogP contribution in [-0.2, 0) is 14.3 Å². The van der Waals surface area contributed by atoms with Crippen LogP contribution in [0.1, 0.15) is 67.6 Å². The Balaban J connectivity index is -0.00000138. The fourth-order valence-electron chi connectivity index (χ4n) is 8.16. The minimum Gasteiger partial charge on any atom is -0.488 e. The van der Waals surface area contributed by atoms with Crippen LogP contribution in [0.3, 0.4) is 0 Å². The molecule has 0 saturated carbocycles. The average Bonchev–Trinajstić information content (AvgIpc) is 1.77. The molecule has 35 nitrogen and oxygen atoms in total. The number of Topliss-reactive ketones (excluding diaryl/α,β-unsaturated/α-hetero) is 1. The summed E-state index contributed by atoms with van der Waals surface area (Å²) in [5.41, 5.74) is 22.5. The van der Waals surface area contributed by atoms with Crippen molar-refractivity contribution in [3.05, 3.63) is 258 Å². The van der Waals surface area contributed by atoms with Gasteiger partial charge in [-0.3, -0.25) is 38.7 Å². The van der Waals surface area contributed by atoms with E-state index in [0.29, 0.717) is 16.1 Å². The number of aromatic nitrogens is 4. The Bertz CT molecular complexity index is 5790. The van der Waals surface area contributed by atoms with Gasteiger partial charge in [0.05, 0.1) is 120 Å². The molecule has 1 fully saturated rings. The molecule has 130 heavy (non-hydrogen) atoms. The number of urea groups is 1. The van der Waals surface area contributed by atoms with E-state index in [9.17, 15) is 88.0 Å². The van der Waals surface area contributed by atoms with Crippen LogP contribution in [0.15, 0.2) is 148 Å². The third-order valence-corrected chi connectivity index (χ3v) is 20.9. The Morgan fingerprint density at radius 2 is 1.11 bits per heavy atom. The number of ketones is 1. The second-order valence-corrected chi connectivity index (χ2v) is 32.2. The van der Waals surface area contributed by atoms with Gasteiger partial charge in [0.1, 0.15) is 28.8 Å². The molecule has 2 aliphatic rings. The van der Waals surface area contributed by atoms with Gasteiger partial charge in [-0.2, -0.15) is 4.39 Å². The first-order chi connectivity index (χ1) is 59.9. The summed E-state index contributed by atoms with van der Waals surface area (Å²) in [6.45, 7) is 10.1. The normalized spacial score (nSPS) is 11.1. The molecule has 8 aromatic carbocycles. The van der Waals surface area contributed by atoms with Crippen molar-refractivity contribution < 1.29 is 145 Å². The zero-order chi connectivity index (χ0) is 99.7. The van der Waals surface area contributed by atoms with Crippen molar-refractivity contribution in [3.63, 3.8) is 0 Å². The molecule has 0 bridgehead atoms. The largest absolute Gasteiger partial charge is 1.00 e. The molecule has 0 spiro atoms. The van der Waals surface area contributed by atoms with Crippen molar-refractivity contribution >= 4 is 289 Å². The number of carboxylic acid groups (broad SMARTS) is 2. The van der Waals surface area contributed by atoms with Crippen LogP contribution in [0.5, 0.6) is 0 Å². The number of anilines is 5. The van der Waals surface area contributed by atoms with Crippen molar-refractivity contribution in [2.24, 2.45) is 22.5 Å². The number of oxime groups is 1. The van der Waals surface area contributed by atoms with Crippen LogP contribution < -0.4 is 91.3 Å². The average molecular weight is 2470 g/mol. The van der Waals surface area contributed by atoms with Crippen LogP contribution >= 0.6 is 185 Å². The number of aliphatic hydroxyl groups is 2. The van der Waals surface area contributed by atoms with Gasteiger partial charge in [-0.05, 0) is 240 Å². The zero-order valence-corrected chi connectivity index (χ0v) is 83.9. The number of rotatable bonds is 5. The number of ether oxygens (including phenoxy) is 1. The quantitative estimate of drug-likeness (QED) is 0.00607. The van der Waals surface area contributed by atoms with Crippen LogP contribution in [0, 0.1) is 56.7 Å². The Morgan fingerprint density at radius 3 is 1.58 bits per heavy atom. The number of nitro benzene ring substituents is 1. The van der Waals surface area contributed by atoms with Gasteiger partial charge in [0.25, 0.3) is 23.2 Å². The zero-order valence-electron chi connectivity index (χ0n) is 66.5. The van der Waals surface area contributed by atoms with E-state index in [2.05, 4.69) is 181 Å². The number of amides is 5. The number of carbonyl (C=O) groups is 7. The number of hydrogen-bond donors (Lipinski definition) is 17. The van der Waals surface area contributed by atoms with Gasteiger partial charge in [0.15, 0.2) is 40.7 Å². The molecule has 4 heterocycles. The number of aliphatic hydroxyl groups excluding tert-OH is 1. The van der Waals surface area contributed by atoms with E-state index in [1.807, 2.05) is 31.3 Å². The summed E-state index contributed by atoms with van der Waals surface area (Å²) in [5.74, 6) is -6.09. The van der Waals surface area contributed by atoms with E-state index < -0.39 is 123 Å². The van der Waals surface area contributed by atoms with E-state index in [0.717, 1.165) is 38.3 Å². The van der Waals surface area contributed by atoms with Crippen molar-refractivity contribution in [2.75, 3.05) is 61.2 Å². The predicted molar refractivity (Wildman–Crippen MR) is 497 cm³/mol. The summed E-state index contributed by atoms with van der Waals surface area (Å²) < 4.78 is 127. The monoisotopic (exact) mass is 2460 g/mol. The van der Waals surface area contributed by atoms with E-state index >= 15 is 0 Å². The number of H-pyrrole nitrogens is 2. The number of nitrogens with one attached hydrogen (secondary N) is 5. The SMILES string of the molecule is C.CC(C)(C)OC(=O)N1CCNCC1.CC(O)O.Fc1c(Br)c(Cl)cc2c(Cl)nc(Cl)nc12.NC(N)=O.N[N-]O.Nc1c(C(=O)O)cc(Cl)c(Br)c1F.Nc1c(C(=O)O)ccc(Br)c1F.Nc1cccc(Br)c1F.O=C(/C=N/O)Nc1cccc(Br)c1F.O=C1Nc2c(ccc(Br)c2F)C1=O.O=[N+]([O-])c1cccc(Br)c1F.O=c1[nH]c(=O)c2cc(Cl)c(Br)c(F)c2[nH]1.[2H]CF.[Na+]. The third kappa shape index (κ3) is 42.4. The molecular formula is C72H68Br8Cl5F9N17NaO18. The molecule has 10 aromatic rings. The molecule has 23 N–H and O–H groups in total. The second-order valence-electron chi connectivity index (χ2n) is 23.6. The van der Waals surface area contributed by atoms with Crippen molar-refractivity contribution in [1.82, 2.24) is 30.2 Å². The number of aromatic carboxylic acids is 2. The molecule has 2 aliphatic heterocycles. The summed E-state index contributed by atoms with van der Waals surface area (Å²) >= 11 is 51.7. The van der Waals surface area contributed by atoms with Gasteiger partial charge in [0, 0.05) is 37.6 Å². The number of carboxylic acids is 2. The van der Waals surface area contributed by atoms with Crippen LogP contribution in [-0.4, -0.2) is 154 Å². The Labute approximate surface area is 844 Å². The van der Waals surface area contributed by atoms with Crippen molar-refractivity contribution in [3.8, 4) is 0 Å². The number of primary amides is 2. The number of piperazine rings is 1. The van der Waals surface area contributed by atoms with Gasteiger partial charge < -0.3 is 102 Å². The molecule has 704 valence electrons. The molecule has 0 unspecified atom stereocenters. The van der Waals surface area contributed by atoms with E-state index in [1.54, 1.807) is 23.1 Å². The van der Waals surface area contributed by atoms with E-state index in [-0.39, 0.29) is 161 Å². The number of nitro groups is 1. The molecule has 2 aromatic heterocycles. The number of nitrogens with zero attached hydrogens (tertiary/aromatic N) is 6. The molecule has 12 rings (SSSR count). The number of nitrogens with two attached hydrogens (primary N) is 6. The number of aromatic amines is 2. The second kappa shape index (κ2) is 62.3. The number of alkyl halides is 1. The summed E-state index contributed by atoms with van der Waals surface area (Å²) in [4.78, 5) is 119. The molecule has 58 heteroatoms. The van der Waals surface area contributed by atoms with Gasteiger partial charge in [-0.15, -0.1) is 0 Å². The molecule has 0 atom stereocenters. The summed E-state index contributed by atoms with van der Waals surface area (Å²) in [6.07, 6.45) is -0.727. The van der Waals surface area contributed by atoms with Crippen LogP contribution in [0.25, 0.3) is 27.4 Å². The van der Waals surface area contributed by atoms with Crippen LogP contribution in [0.2, 0.25) is 25.5 Å². The van der Waals surface area contributed by atoms with Gasteiger partial charge >= 0.3 is 65.0 Å². The molecule has 1 saturated heterocycles. The van der Waals surface area contributed by atoms with E-state index in [4.69, 9.17) is 117 Å². The molecular weight excluding hydrogens is 2400 g/mol. The first-order valence-electron chi connectivity index (χ1n) is 33.7. The number of fused-ring (bicyclic) bond motifs is 3. The third-order valence-electron chi connectivity index (χ3n) is 13.5. The predicted octanol–water partition coefficient (Wildman–Crippen LogP) is 16.0. The first kappa shape index (κ1) is 124. The number of benzene rings is 8. The number of nitrogen functional groups attached to an aromatic ring is 3. The Morgan fingerprint density at radius 1 is 0.669 bits per heavy atom. The summed E-state index contributed by atoms with van der Waals surface area (Å²) in [7, 11) is -1.00. The smallest absolute Gasteiger partial charge is 0.488 e. The number of hydrogen-bond acceptors (Lipinski definition) is 24. The van der Waals surface area contributed by atoms with Crippen molar-refractivity contribution in [1.29, 1.82) is 0 Å².